The number of nitrogens with zero attached hydrogens (tertiary/aromatic N) is 1. The van der Waals surface area contributed by atoms with Gasteiger partial charge in [0.1, 0.15) is 7.05 Å². The zero-order chi connectivity index (χ0) is 17.4. The fourth-order valence-corrected chi connectivity index (χ4v) is 3.67. The molecule has 0 radical (unpaired) electrons. The molecule has 4 aromatic rings. The van der Waals surface area contributed by atoms with E-state index in [9.17, 15) is 0 Å². The number of aryl methyl sites for hydroxylation is 2. The molecule has 0 aliphatic heterocycles. The topological polar surface area (TPSA) is 3.88 Å². The van der Waals surface area contributed by atoms with Crippen molar-refractivity contribution in [2.24, 2.45) is 7.05 Å². The molecule has 4 rings (SSSR count). The lowest BCUT2D eigenvalue weighted by Gasteiger charge is -2.12. The lowest BCUT2D eigenvalue weighted by atomic mass is 9.96. The monoisotopic (exact) mass is 324 g/mol. The van der Waals surface area contributed by atoms with Crippen molar-refractivity contribution in [3.63, 3.8) is 0 Å². The summed E-state index contributed by atoms with van der Waals surface area (Å²) in [6, 6.07) is 28.2. The summed E-state index contributed by atoms with van der Waals surface area (Å²) < 4.78 is 2.34. The number of aromatic nitrogens is 1. The molecule has 0 fully saturated rings. The number of fused-ring (bicyclic) bond motifs is 1. The van der Waals surface area contributed by atoms with E-state index in [1.807, 2.05) is 0 Å². The van der Waals surface area contributed by atoms with Gasteiger partial charge in [-0.25, -0.2) is 0 Å². The van der Waals surface area contributed by atoms with Crippen molar-refractivity contribution in [1.82, 2.24) is 0 Å². The Hall–Kier alpha value is -2.93. The van der Waals surface area contributed by atoms with Gasteiger partial charge in [-0.15, -0.1) is 0 Å². The minimum Gasteiger partial charge on any atom is -0.194 e. The second-order valence-corrected chi connectivity index (χ2v) is 6.65. The molecule has 3 aromatic carbocycles. The first-order chi connectivity index (χ1) is 12.2. The smallest absolute Gasteiger partial charge is 0.194 e. The highest BCUT2D eigenvalue weighted by atomic mass is 14.9. The molecular formula is C24H22N+. The summed E-state index contributed by atoms with van der Waals surface area (Å²) >= 11 is 0. The summed E-state index contributed by atoms with van der Waals surface area (Å²) in [6.45, 7) is 4.36. The Morgan fingerprint density at radius 2 is 1.20 bits per heavy atom. The average molecular weight is 324 g/mol. The first-order valence-corrected chi connectivity index (χ1v) is 8.70. The molecule has 122 valence electrons. The summed E-state index contributed by atoms with van der Waals surface area (Å²) in [4.78, 5) is 0. The maximum absolute atomic E-state index is 2.34. The molecule has 25 heavy (non-hydrogen) atoms. The van der Waals surface area contributed by atoms with E-state index in [1.54, 1.807) is 0 Å². The van der Waals surface area contributed by atoms with Gasteiger partial charge in [0.25, 0.3) is 0 Å². The Labute approximate surface area is 149 Å². The second-order valence-electron chi connectivity index (χ2n) is 6.65. The Morgan fingerprint density at radius 3 is 1.88 bits per heavy atom. The van der Waals surface area contributed by atoms with Gasteiger partial charge in [-0.2, -0.15) is 4.57 Å². The quantitative estimate of drug-likeness (QED) is 0.422. The van der Waals surface area contributed by atoms with Crippen LogP contribution in [0.1, 0.15) is 11.1 Å². The van der Waals surface area contributed by atoms with Gasteiger partial charge >= 0.3 is 0 Å². The van der Waals surface area contributed by atoms with E-state index in [-0.39, 0.29) is 0 Å². The van der Waals surface area contributed by atoms with Crippen molar-refractivity contribution in [3.8, 4) is 22.5 Å². The number of pyridine rings is 1. The average Bonchev–Trinajstić information content (AvgIpc) is 2.63. The maximum Gasteiger partial charge on any atom is 0.220 e. The zero-order valence-corrected chi connectivity index (χ0v) is 15.0. The van der Waals surface area contributed by atoms with Gasteiger partial charge in [-0.05, 0) is 48.6 Å². The molecule has 1 heteroatoms. The summed E-state index contributed by atoms with van der Waals surface area (Å²) in [7, 11) is 2.18. The van der Waals surface area contributed by atoms with E-state index >= 15 is 0 Å². The molecule has 0 saturated heterocycles. The third kappa shape index (κ3) is 2.62. The van der Waals surface area contributed by atoms with Crippen molar-refractivity contribution in [3.05, 3.63) is 90.0 Å². The van der Waals surface area contributed by atoms with Crippen LogP contribution in [-0.2, 0) is 7.05 Å². The zero-order valence-electron chi connectivity index (χ0n) is 15.0. The van der Waals surface area contributed by atoms with Crippen LogP contribution in [0.25, 0.3) is 33.3 Å². The first-order valence-electron chi connectivity index (χ1n) is 8.70. The maximum atomic E-state index is 2.34. The SMILES string of the molecule is Cc1ccccc1-c1cc2ccccc2c(-c2ccccc2C)[n+]1C. The first kappa shape index (κ1) is 15.6. The largest absolute Gasteiger partial charge is 0.220 e. The fourth-order valence-electron chi connectivity index (χ4n) is 3.67. The number of benzene rings is 3. The molecule has 0 aliphatic carbocycles. The number of rotatable bonds is 2. The Kier molecular flexibility index (Phi) is 3.85. The van der Waals surface area contributed by atoms with Crippen LogP contribution in [0.2, 0.25) is 0 Å². The molecule has 1 aromatic heterocycles. The Morgan fingerprint density at radius 1 is 0.640 bits per heavy atom. The molecule has 0 atom stereocenters. The summed E-state index contributed by atoms with van der Waals surface area (Å²) in [5.41, 5.74) is 7.68. The van der Waals surface area contributed by atoms with Gasteiger partial charge in [-0.1, -0.05) is 54.6 Å². The van der Waals surface area contributed by atoms with Crippen molar-refractivity contribution in [2.45, 2.75) is 13.8 Å². The molecule has 0 N–H and O–H groups in total. The highest BCUT2D eigenvalue weighted by Gasteiger charge is 2.22. The van der Waals surface area contributed by atoms with Crippen molar-refractivity contribution in [2.75, 3.05) is 0 Å². The third-order valence-corrected chi connectivity index (χ3v) is 5.03. The summed E-state index contributed by atoms with van der Waals surface area (Å²) in [6.07, 6.45) is 0. The van der Waals surface area contributed by atoms with Gasteiger partial charge in [0.2, 0.25) is 11.4 Å². The second kappa shape index (κ2) is 6.18. The van der Waals surface area contributed by atoms with Gasteiger partial charge < -0.3 is 0 Å². The van der Waals surface area contributed by atoms with Crippen molar-refractivity contribution in [1.29, 1.82) is 0 Å². The summed E-state index contributed by atoms with van der Waals surface area (Å²) in [5, 5.41) is 2.56. The Balaban J connectivity index is 2.13. The van der Waals surface area contributed by atoms with E-state index in [0.29, 0.717) is 0 Å². The minimum absolute atomic E-state index is 1.25. The van der Waals surface area contributed by atoms with Gasteiger partial charge in [0.05, 0.1) is 5.39 Å². The predicted molar refractivity (Wildman–Crippen MR) is 105 cm³/mol. The molecule has 0 saturated carbocycles. The lowest BCUT2D eigenvalue weighted by molar-refractivity contribution is -0.648. The fraction of sp³-hybridized carbons (Fsp3) is 0.125. The highest BCUT2D eigenvalue weighted by molar-refractivity contribution is 5.95. The van der Waals surface area contributed by atoms with E-state index in [2.05, 4.69) is 104 Å². The molecule has 0 amide bonds. The van der Waals surface area contributed by atoms with Crippen LogP contribution in [0, 0.1) is 13.8 Å². The minimum atomic E-state index is 1.25. The third-order valence-electron chi connectivity index (χ3n) is 5.03. The van der Waals surface area contributed by atoms with E-state index in [0.717, 1.165) is 0 Å². The van der Waals surface area contributed by atoms with Crippen LogP contribution in [0.5, 0.6) is 0 Å². The van der Waals surface area contributed by atoms with E-state index in [1.165, 1.54) is 44.4 Å². The standard InChI is InChI=1S/C24H22N/c1-17-10-4-7-13-20(17)23-16-19-12-6-9-15-22(19)24(25(23)3)21-14-8-5-11-18(21)2/h4-16H,1-3H3/q+1. The van der Waals surface area contributed by atoms with Gasteiger partial charge in [-0.3, -0.25) is 0 Å². The van der Waals surface area contributed by atoms with Crippen LogP contribution in [-0.4, -0.2) is 0 Å². The molecule has 1 nitrogen and oxygen atoms in total. The van der Waals surface area contributed by atoms with Crippen molar-refractivity contribution >= 4 is 10.8 Å². The molecule has 1 heterocycles. The van der Waals surface area contributed by atoms with Crippen LogP contribution in [0.15, 0.2) is 78.9 Å². The number of hydrogen-bond donors (Lipinski definition) is 0. The normalized spacial score (nSPS) is 11.0. The van der Waals surface area contributed by atoms with Gasteiger partial charge in [0, 0.05) is 17.2 Å². The molecular weight excluding hydrogens is 302 g/mol. The Bertz CT molecular complexity index is 1080. The van der Waals surface area contributed by atoms with Crippen LogP contribution in [0.3, 0.4) is 0 Å². The van der Waals surface area contributed by atoms with Crippen LogP contribution in [0.4, 0.5) is 0 Å². The molecule has 0 unspecified atom stereocenters. The molecule has 0 aliphatic rings. The number of hydrogen-bond acceptors (Lipinski definition) is 0. The van der Waals surface area contributed by atoms with E-state index in [4.69, 9.17) is 0 Å². The highest BCUT2D eigenvalue weighted by Crippen LogP contribution is 2.31. The lowest BCUT2D eigenvalue weighted by Crippen LogP contribution is -2.34. The van der Waals surface area contributed by atoms with E-state index < -0.39 is 0 Å². The molecule has 0 spiro atoms. The van der Waals surface area contributed by atoms with Crippen LogP contribution >= 0.6 is 0 Å². The van der Waals surface area contributed by atoms with Crippen LogP contribution < -0.4 is 4.57 Å². The van der Waals surface area contributed by atoms with Crippen molar-refractivity contribution < 1.29 is 4.57 Å². The van der Waals surface area contributed by atoms with Gasteiger partial charge in [0.15, 0.2) is 0 Å². The molecule has 0 bridgehead atoms. The predicted octanol–water partition coefficient (Wildman–Crippen LogP) is 5.62. The summed E-state index contributed by atoms with van der Waals surface area (Å²) in [5.74, 6) is 0.